The summed E-state index contributed by atoms with van der Waals surface area (Å²) in [5.74, 6) is 0. The molecule has 11 heavy (non-hydrogen) atoms. The van der Waals surface area contributed by atoms with E-state index in [1.54, 1.807) is 0 Å². The Hall–Kier alpha value is -0.720. The second kappa shape index (κ2) is 5.00. The molecule has 0 aliphatic carbocycles. The van der Waals surface area contributed by atoms with Crippen molar-refractivity contribution in [1.29, 1.82) is 0 Å². The average Bonchev–Trinajstić information content (AvgIpc) is 2.02. The van der Waals surface area contributed by atoms with Gasteiger partial charge in [-0.3, -0.25) is 0 Å². The van der Waals surface area contributed by atoms with Crippen molar-refractivity contribution in [2.24, 2.45) is 0 Å². The van der Waals surface area contributed by atoms with Gasteiger partial charge in [-0.15, -0.1) is 0 Å². The van der Waals surface area contributed by atoms with E-state index < -0.39 is 0 Å². The molecule has 0 aromatic rings. The van der Waals surface area contributed by atoms with E-state index in [4.69, 9.17) is 0 Å². The van der Waals surface area contributed by atoms with Gasteiger partial charge in [-0.2, -0.15) is 0 Å². The largest absolute Gasteiger partial charge is 0.391 e. The number of hydrogen-bond acceptors (Lipinski definition) is 1. The van der Waals surface area contributed by atoms with E-state index in [1.165, 1.54) is 16.8 Å². The molecular weight excluding hydrogens is 134 g/mol. The monoisotopic (exact) mass is 153 g/mol. The summed E-state index contributed by atoms with van der Waals surface area (Å²) in [7, 11) is 1.96. The second-order valence-electron chi connectivity index (χ2n) is 2.80. The van der Waals surface area contributed by atoms with Gasteiger partial charge in [-0.05, 0) is 32.8 Å². The van der Waals surface area contributed by atoms with Gasteiger partial charge in [0.15, 0.2) is 0 Å². The van der Waals surface area contributed by atoms with Gasteiger partial charge in [0.25, 0.3) is 0 Å². The summed E-state index contributed by atoms with van der Waals surface area (Å²) in [6.07, 6.45) is 3.36. The molecule has 0 radical (unpaired) electrons. The lowest BCUT2D eigenvalue weighted by molar-refractivity contribution is 0.958. The zero-order valence-electron chi connectivity index (χ0n) is 8.28. The molecule has 0 fully saturated rings. The SMILES string of the molecule is CC/C=C(C)\C(C)=C(/C)NC. The molecule has 0 saturated heterocycles. The Labute approximate surface area is 70.2 Å². The van der Waals surface area contributed by atoms with E-state index in [1.807, 2.05) is 7.05 Å². The van der Waals surface area contributed by atoms with E-state index in [9.17, 15) is 0 Å². The first kappa shape index (κ1) is 10.3. The Morgan fingerprint density at radius 2 is 1.82 bits per heavy atom. The zero-order chi connectivity index (χ0) is 8.85. The summed E-state index contributed by atoms with van der Waals surface area (Å²) in [6, 6.07) is 0. The summed E-state index contributed by atoms with van der Waals surface area (Å²) >= 11 is 0. The van der Waals surface area contributed by atoms with E-state index in [2.05, 4.69) is 39.1 Å². The van der Waals surface area contributed by atoms with Crippen molar-refractivity contribution >= 4 is 0 Å². The molecule has 1 N–H and O–H groups in total. The topological polar surface area (TPSA) is 12.0 Å². The minimum absolute atomic E-state index is 1.11. The van der Waals surface area contributed by atoms with Crippen LogP contribution in [-0.4, -0.2) is 7.05 Å². The molecule has 0 aromatic heterocycles. The van der Waals surface area contributed by atoms with Crippen LogP contribution in [-0.2, 0) is 0 Å². The quantitative estimate of drug-likeness (QED) is 0.615. The molecule has 0 rings (SSSR count). The van der Waals surface area contributed by atoms with Crippen molar-refractivity contribution in [2.45, 2.75) is 34.1 Å². The first-order valence-electron chi connectivity index (χ1n) is 4.15. The average molecular weight is 153 g/mol. The molecule has 0 aromatic carbocycles. The Morgan fingerprint density at radius 3 is 2.18 bits per heavy atom. The molecule has 0 aliphatic rings. The van der Waals surface area contributed by atoms with Crippen LogP contribution in [0.4, 0.5) is 0 Å². The number of nitrogens with one attached hydrogen (secondary N) is 1. The summed E-state index contributed by atoms with van der Waals surface area (Å²) in [4.78, 5) is 0. The second-order valence-corrected chi connectivity index (χ2v) is 2.80. The van der Waals surface area contributed by atoms with E-state index in [-0.39, 0.29) is 0 Å². The standard InChI is InChI=1S/C10H19N/c1-6-7-8(2)9(3)10(4)11-5/h7,11H,6H2,1-5H3/b8-7-,10-9+. The third-order valence-corrected chi connectivity index (χ3v) is 2.04. The molecule has 1 nitrogen and oxygen atoms in total. The van der Waals surface area contributed by atoms with Crippen LogP contribution in [0.25, 0.3) is 0 Å². The highest BCUT2D eigenvalue weighted by Crippen LogP contribution is 2.11. The summed E-state index contributed by atoms with van der Waals surface area (Å²) in [5, 5.41) is 3.14. The van der Waals surface area contributed by atoms with Crippen molar-refractivity contribution in [2.75, 3.05) is 7.05 Å². The maximum absolute atomic E-state index is 3.14. The van der Waals surface area contributed by atoms with Gasteiger partial charge in [0.2, 0.25) is 0 Å². The highest BCUT2D eigenvalue weighted by atomic mass is 14.8. The van der Waals surface area contributed by atoms with Gasteiger partial charge in [0.1, 0.15) is 0 Å². The van der Waals surface area contributed by atoms with Crippen molar-refractivity contribution in [3.8, 4) is 0 Å². The number of allylic oxidation sites excluding steroid dienone is 4. The maximum atomic E-state index is 3.14. The third-order valence-electron chi connectivity index (χ3n) is 2.04. The maximum Gasteiger partial charge on any atom is 0.0105 e. The zero-order valence-corrected chi connectivity index (χ0v) is 8.28. The summed E-state index contributed by atoms with van der Waals surface area (Å²) in [5.41, 5.74) is 3.99. The molecule has 1 heteroatoms. The predicted octanol–water partition coefficient (Wildman–Crippen LogP) is 2.86. The third kappa shape index (κ3) is 3.26. The van der Waals surface area contributed by atoms with E-state index >= 15 is 0 Å². The molecule has 0 unspecified atom stereocenters. The number of rotatable bonds is 3. The van der Waals surface area contributed by atoms with E-state index in [0.717, 1.165) is 6.42 Å². The van der Waals surface area contributed by atoms with Crippen molar-refractivity contribution in [3.05, 3.63) is 22.9 Å². The Bertz CT molecular complexity index is 175. The molecule has 64 valence electrons. The van der Waals surface area contributed by atoms with E-state index in [0.29, 0.717) is 0 Å². The van der Waals surface area contributed by atoms with Gasteiger partial charge < -0.3 is 5.32 Å². The van der Waals surface area contributed by atoms with Crippen LogP contribution in [0.1, 0.15) is 34.1 Å². The minimum Gasteiger partial charge on any atom is -0.391 e. The Morgan fingerprint density at radius 1 is 1.27 bits per heavy atom. The van der Waals surface area contributed by atoms with Gasteiger partial charge in [0.05, 0.1) is 0 Å². The molecule has 0 atom stereocenters. The summed E-state index contributed by atoms with van der Waals surface area (Å²) < 4.78 is 0. The van der Waals surface area contributed by atoms with Crippen LogP contribution < -0.4 is 5.32 Å². The van der Waals surface area contributed by atoms with Gasteiger partial charge >= 0.3 is 0 Å². The van der Waals surface area contributed by atoms with Crippen molar-refractivity contribution < 1.29 is 0 Å². The number of hydrogen-bond donors (Lipinski definition) is 1. The fourth-order valence-electron chi connectivity index (χ4n) is 0.943. The normalized spacial score (nSPS) is 14.5. The predicted molar refractivity (Wildman–Crippen MR) is 51.5 cm³/mol. The molecule has 0 aliphatic heterocycles. The lowest BCUT2D eigenvalue weighted by Crippen LogP contribution is -2.04. The molecule has 0 bridgehead atoms. The van der Waals surface area contributed by atoms with Crippen LogP contribution in [0, 0.1) is 0 Å². The molecule has 0 saturated carbocycles. The van der Waals surface area contributed by atoms with Crippen molar-refractivity contribution in [3.63, 3.8) is 0 Å². The van der Waals surface area contributed by atoms with Crippen LogP contribution in [0.15, 0.2) is 22.9 Å². The molecule has 0 spiro atoms. The fraction of sp³-hybridized carbons (Fsp3) is 0.600. The van der Waals surface area contributed by atoms with Crippen LogP contribution in [0.5, 0.6) is 0 Å². The lowest BCUT2D eigenvalue weighted by atomic mass is 10.1. The van der Waals surface area contributed by atoms with Crippen LogP contribution in [0.2, 0.25) is 0 Å². The molecular formula is C10H19N. The highest BCUT2D eigenvalue weighted by Gasteiger charge is 1.95. The Kier molecular flexibility index (Phi) is 4.67. The van der Waals surface area contributed by atoms with Gasteiger partial charge in [-0.1, -0.05) is 18.6 Å². The first-order chi connectivity index (χ1) is 5.13. The molecule has 0 heterocycles. The lowest BCUT2D eigenvalue weighted by Gasteiger charge is -2.06. The highest BCUT2D eigenvalue weighted by molar-refractivity contribution is 5.30. The fourth-order valence-corrected chi connectivity index (χ4v) is 0.943. The van der Waals surface area contributed by atoms with Crippen LogP contribution >= 0.6 is 0 Å². The van der Waals surface area contributed by atoms with Crippen LogP contribution in [0.3, 0.4) is 0 Å². The van der Waals surface area contributed by atoms with Gasteiger partial charge in [0, 0.05) is 12.7 Å². The van der Waals surface area contributed by atoms with Gasteiger partial charge in [-0.25, -0.2) is 0 Å². The van der Waals surface area contributed by atoms with Crippen molar-refractivity contribution in [1.82, 2.24) is 5.32 Å². The Balaban J connectivity index is 4.46. The summed E-state index contributed by atoms with van der Waals surface area (Å²) in [6.45, 7) is 8.56. The smallest absolute Gasteiger partial charge is 0.0105 e. The minimum atomic E-state index is 1.11. The first-order valence-corrected chi connectivity index (χ1v) is 4.15. The molecule has 0 amide bonds.